The van der Waals surface area contributed by atoms with Gasteiger partial charge in [-0.25, -0.2) is 4.79 Å². The number of esters is 1. The van der Waals surface area contributed by atoms with E-state index in [4.69, 9.17) is 4.74 Å². The normalized spacial score (nSPS) is 17.4. The Hall–Kier alpha value is -4.24. The maximum atomic E-state index is 12.6. The number of hydrogen-bond acceptors (Lipinski definition) is 9. The zero-order valence-electron chi connectivity index (χ0n) is 16.6. The van der Waals surface area contributed by atoms with Crippen molar-refractivity contribution in [1.82, 2.24) is 0 Å². The minimum Gasteiger partial charge on any atom is -0.508 e. The summed E-state index contributed by atoms with van der Waals surface area (Å²) < 4.78 is 10.4. The molecule has 0 saturated heterocycles. The van der Waals surface area contributed by atoms with Gasteiger partial charge in [-0.2, -0.15) is 0 Å². The molecule has 5 N–H and O–H groups in total. The second-order valence-corrected chi connectivity index (χ2v) is 7.19. The Morgan fingerprint density at radius 1 is 0.906 bits per heavy atom. The summed E-state index contributed by atoms with van der Waals surface area (Å²) >= 11 is 0. The highest BCUT2D eigenvalue weighted by atomic mass is 16.5. The number of carbonyl (C=O) groups excluding carboxylic acids is 2. The van der Waals surface area contributed by atoms with Crippen molar-refractivity contribution in [2.24, 2.45) is 0 Å². The number of benzene rings is 3. The summed E-state index contributed by atoms with van der Waals surface area (Å²) in [6.45, 7) is 0. The molecule has 0 radical (unpaired) electrons. The standard InChI is InChI=1S/C23H18O9/c1-31-23(30)11-3-5-16(26)14(7-11)13-6-10(2-4-15(13)25)22-21(29)20(28)19-17(27)8-12(24)9-18(19)32-22/h2-9,21-22,24-27,29H,1H3/t21-,22-/m0/s1. The first-order valence-electron chi connectivity index (χ1n) is 9.40. The smallest absolute Gasteiger partial charge is 0.337 e. The van der Waals surface area contributed by atoms with Gasteiger partial charge in [-0.05, 0) is 35.9 Å². The van der Waals surface area contributed by atoms with E-state index in [2.05, 4.69) is 4.74 Å². The van der Waals surface area contributed by atoms with Crippen LogP contribution in [-0.4, -0.2) is 50.5 Å². The highest BCUT2D eigenvalue weighted by molar-refractivity contribution is 6.05. The van der Waals surface area contributed by atoms with Crippen LogP contribution in [0.3, 0.4) is 0 Å². The van der Waals surface area contributed by atoms with Crippen LogP contribution in [-0.2, 0) is 4.74 Å². The molecule has 0 bridgehead atoms. The van der Waals surface area contributed by atoms with Gasteiger partial charge in [0, 0.05) is 23.3 Å². The molecular weight excluding hydrogens is 420 g/mol. The third kappa shape index (κ3) is 3.44. The lowest BCUT2D eigenvalue weighted by Gasteiger charge is -2.30. The van der Waals surface area contributed by atoms with Crippen LogP contribution in [0.5, 0.6) is 28.7 Å². The number of hydrogen-bond donors (Lipinski definition) is 5. The molecule has 164 valence electrons. The van der Waals surface area contributed by atoms with Crippen molar-refractivity contribution in [3.05, 3.63) is 65.2 Å². The molecule has 3 aromatic rings. The van der Waals surface area contributed by atoms with Crippen LogP contribution in [0, 0.1) is 0 Å². The lowest BCUT2D eigenvalue weighted by molar-refractivity contribution is 0.0211. The van der Waals surface area contributed by atoms with Crippen LogP contribution in [0.15, 0.2) is 48.5 Å². The number of aromatic hydroxyl groups is 4. The minimum atomic E-state index is -1.69. The zero-order valence-corrected chi connectivity index (χ0v) is 16.6. The molecule has 0 unspecified atom stereocenters. The van der Waals surface area contributed by atoms with E-state index in [0.717, 1.165) is 12.1 Å². The molecule has 0 aliphatic carbocycles. The SMILES string of the molecule is COC(=O)c1ccc(O)c(-c2cc([C@@H]3Oc4cc(O)cc(O)c4C(=O)[C@@H]3O)ccc2O)c1. The third-order valence-corrected chi connectivity index (χ3v) is 5.18. The molecule has 0 amide bonds. The lowest BCUT2D eigenvalue weighted by Crippen LogP contribution is -2.36. The highest BCUT2D eigenvalue weighted by Crippen LogP contribution is 2.44. The van der Waals surface area contributed by atoms with Gasteiger partial charge in [0.15, 0.2) is 12.2 Å². The Morgan fingerprint density at radius 3 is 2.25 bits per heavy atom. The van der Waals surface area contributed by atoms with Gasteiger partial charge in [0.1, 0.15) is 34.3 Å². The molecule has 32 heavy (non-hydrogen) atoms. The summed E-state index contributed by atoms with van der Waals surface area (Å²) in [5.41, 5.74) is 0.358. The third-order valence-electron chi connectivity index (χ3n) is 5.18. The number of rotatable bonds is 3. The van der Waals surface area contributed by atoms with Crippen molar-refractivity contribution in [1.29, 1.82) is 0 Å². The highest BCUT2D eigenvalue weighted by Gasteiger charge is 2.39. The number of Topliss-reactive ketones (excluding diaryl/α,β-unsaturated/α-hetero) is 1. The van der Waals surface area contributed by atoms with Crippen LogP contribution in [0.1, 0.15) is 32.4 Å². The number of carbonyl (C=O) groups is 2. The van der Waals surface area contributed by atoms with E-state index in [1.54, 1.807) is 0 Å². The number of aliphatic hydroxyl groups excluding tert-OH is 1. The molecule has 9 nitrogen and oxygen atoms in total. The van der Waals surface area contributed by atoms with Gasteiger partial charge in [-0.15, -0.1) is 0 Å². The number of ketones is 1. The molecular formula is C23H18O9. The Morgan fingerprint density at radius 2 is 1.56 bits per heavy atom. The molecule has 4 rings (SSSR count). The summed E-state index contributed by atoms with van der Waals surface area (Å²) in [6, 6.07) is 10.1. The average Bonchev–Trinajstić information content (AvgIpc) is 2.76. The summed E-state index contributed by atoms with van der Waals surface area (Å²) in [4.78, 5) is 24.5. The lowest BCUT2D eigenvalue weighted by atomic mass is 9.90. The Kier molecular flexibility index (Phi) is 5.11. The molecule has 1 aliphatic heterocycles. The predicted molar refractivity (Wildman–Crippen MR) is 110 cm³/mol. The number of fused-ring (bicyclic) bond motifs is 1. The quantitative estimate of drug-likeness (QED) is 0.388. The van der Waals surface area contributed by atoms with Crippen LogP contribution >= 0.6 is 0 Å². The molecule has 1 heterocycles. The van der Waals surface area contributed by atoms with E-state index in [1.807, 2.05) is 0 Å². The molecule has 3 aromatic carbocycles. The second kappa shape index (κ2) is 7.78. The van der Waals surface area contributed by atoms with E-state index in [9.17, 15) is 35.1 Å². The van der Waals surface area contributed by atoms with Crippen LogP contribution in [0.4, 0.5) is 0 Å². The van der Waals surface area contributed by atoms with Crippen molar-refractivity contribution >= 4 is 11.8 Å². The van der Waals surface area contributed by atoms with Crippen LogP contribution in [0.25, 0.3) is 11.1 Å². The van der Waals surface area contributed by atoms with E-state index in [1.165, 1.54) is 43.5 Å². The predicted octanol–water partition coefficient (Wildman–Crippen LogP) is 2.64. The number of ether oxygens (including phenoxy) is 2. The molecule has 0 fully saturated rings. The first kappa shape index (κ1) is 21.0. The number of methoxy groups -OCH3 is 1. The average molecular weight is 438 g/mol. The van der Waals surface area contributed by atoms with E-state index >= 15 is 0 Å². The molecule has 0 aromatic heterocycles. The van der Waals surface area contributed by atoms with Crippen molar-refractivity contribution in [2.75, 3.05) is 7.11 Å². The van der Waals surface area contributed by atoms with E-state index in [0.29, 0.717) is 0 Å². The fraction of sp³-hybridized carbons (Fsp3) is 0.130. The van der Waals surface area contributed by atoms with Crippen molar-refractivity contribution in [3.63, 3.8) is 0 Å². The van der Waals surface area contributed by atoms with Crippen molar-refractivity contribution < 1.29 is 44.6 Å². The number of phenolic OH excluding ortho intramolecular Hbond substituents is 4. The van der Waals surface area contributed by atoms with Gasteiger partial charge in [0.2, 0.25) is 5.78 Å². The van der Waals surface area contributed by atoms with Gasteiger partial charge in [0.25, 0.3) is 0 Å². The summed E-state index contributed by atoms with van der Waals surface area (Å²) in [5, 5.41) is 50.9. The van der Waals surface area contributed by atoms with Gasteiger partial charge in [0.05, 0.1) is 12.7 Å². The summed E-state index contributed by atoms with van der Waals surface area (Å²) in [5.74, 6) is -2.90. The van der Waals surface area contributed by atoms with Gasteiger partial charge >= 0.3 is 5.97 Å². The Balaban J connectivity index is 1.80. The largest absolute Gasteiger partial charge is 0.508 e. The molecule has 0 saturated carbocycles. The van der Waals surface area contributed by atoms with E-state index < -0.39 is 29.7 Å². The van der Waals surface area contributed by atoms with Crippen molar-refractivity contribution in [2.45, 2.75) is 12.2 Å². The maximum Gasteiger partial charge on any atom is 0.337 e. The molecule has 2 atom stereocenters. The monoisotopic (exact) mass is 438 g/mol. The fourth-order valence-electron chi connectivity index (χ4n) is 3.61. The van der Waals surface area contributed by atoms with Crippen molar-refractivity contribution in [3.8, 4) is 39.9 Å². The zero-order chi connectivity index (χ0) is 23.2. The Bertz CT molecular complexity index is 1250. The maximum absolute atomic E-state index is 12.6. The topological polar surface area (TPSA) is 154 Å². The van der Waals surface area contributed by atoms with Crippen LogP contribution in [0.2, 0.25) is 0 Å². The number of aliphatic hydroxyl groups is 1. The Labute approximate surface area is 181 Å². The summed E-state index contributed by atoms with van der Waals surface area (Å²) in [6.07, 6.45) is -2.92. The molecule has 0 spiro atoms. The molecule has 1 aliphatic rings. The minimum absolute atomic E-state index is 0.110. The number of phenols is 4. The van der Waals surface area contributed by atoms with Crippen LogP contribution < -0.4 is 4.74 Å². The summed E-state index contributed by atoms with van der Waals surface area (Å²) in [7, 11) is 1.21. The first-order valence-corrected chi connectivity index (χ1v) is 9.40. The second-order valence-electron chi connectivity index (χ2n) is 7.19. The van der Waals surface area contributed by atoms with Gasteiger partial charge in [-0.3, -0.25) is 4.79 Å². The van der Waals surface area contributed by atoms with E-state index in [-0.39, 0.29) is 50.8 Å². The van der Waals surface area contributed by atoms with Gasteiger partial charge in [-0.1, -0.05) is 6.07 Å². The van der Waals surface area contributed by atoms with Gasteiger partial charge < -0.3 is 35.0 Å². The fourth-order valence-corrected chi connectivity index (χ4v) is 3.61. The first-order chi connectivity index (χ1) is 15.2. The molecule has 9 heteroatoms.